The van der Waals surface area contributed by atoms with Gasteiger partial charge in [0.1, 0.15) is 30.5 Å². The van der Waals surface area contributed by atoms with Crippen LogP contribution < -0.4 is 27.6 Å². The molecular formula is C27H37N5O12. The number of hydrogen-bond acceptors (Lipinski definition) is 12. The van der Waals surface area contributed by atoms with Crippen molar-refractivity contribution in [3.05, 3.63) is 44.9 Å². The Bertz CT molecular complexity index is 1420. The van der Waals surface area contributed by atoms with E-state index in [0.29, 0.717) is 12.8 Å². The van der Waals surface area contributed by atoms with E-state index >= 15 is 0 Å². The zero-order valence-corrected chi connectivity index (χ0v) is 24.6. The summed E-state index contributed by atoms with van der Waals surface area (Å²) in [7, 11) is 1.25. The van der Waals surface area contributed by atoms with E-state index in [4.69, 9.17) is 34.2 Å². The molecule has 0 bridgehead atoms. The third kappa shape index (κ3) is 6.43. The van der Waals surface area contributed by atoms with Crippen LogP contribution in [0.5, 0.6) is 0 Å². The number of fused-ring (bicyclic) bond motifs is 1. The average Bonchev–Trinajstić information content (AvgIpc) is 3.38. The highest BCUT2D eigenvalue weighted by atomic mass is 16.8. The molecule has 5 heterocycles. The lowest BCUT2D eigenvalue weighted by molar-refractivity contribution is -0.241. The van der Waals surface area contributed by atoms with Crippen LogP contribution in [0.3, 0.4) is 0 Å². The summed E-state index contributed by atoms with van der Waals surface area (Å²) in [6.45, 7) is 5.17. The Morgan fingerprint density at radius 2 is 1.98 bits per heavy atom. The van der Waals surface area contributed by atoms with E-state index in [9.17, 15) is 29.1 Å². The predicted molar refractivity (Wildman–Crippen MR) is 146 cm³/mol. The Hall–Kier alpha value is -3.61. The van der Waals surface area contributed by atoms with Crippen LogP contribution in [0.15, 0.2) is 33.7 Å². The summed E-state index contributed by atoms with van der Waals surface area (Å²) in [5, 5.41) is 16.5. The van der Waals surface area contributed by atoms with Gasteiger partial charge in [-0.05, 0) is 46.1 Å². The molecule has 242 valence electrons. The van der Waals surface area contributed by atoms with Crippen LogP contribution in [0.2, 0.25) is 0 Å². The molecule has 0 radical (unpaired) electrons. The average molecular weight is 624 g/mol. The Balaban J connectivity index is 1.38. The van der Waals surface area contributed by atoms with Crippen molar-refractivity contribution in [1.29, 1.82) is 0 Å². The van der Waals surface area contributed by atoms with Crippen LogP contribution in [0.1, 0.15) is 46.3 Å². The molecule has 10 unspecified atom stereocenters. The maximum Gasteiger partial charge on any atom is 0.330 e. The first kappa shape index (κ1) is 31.8. The Kier molecular flexibility index (Phi) is 8.97. The number of aromatic amines is 1. The van der Waals surface area contributed by atoms with E-state index in [-0.39, 0.29) is 17.7 Å². The predicted octanol–water partition coefficient (Wildman–Crippen LogP) is -2.39. The minimum absolute atomic E-state index is 0.0280. The summed E-state index contributed by atoms with van der Waals surface area (Å²) in [5.41, 5.74) is 4.18. The molecule has 4 aliphatic heterocycles. The van der Waals surface area contributed by atoms with Crippen LogP contribution in [-0.2, 0) is 42.8 Å². The molecule has 3 amide bonds. The lowest BCUT2D eigenvalue weighted by Crippen LogP contribution is -2.54. The lowest BCUT2D eigenvalue weighted by atomic mass is 10.0. The van der Waals surface area contributed by atoms with Crippen molar-refractivity contribution in [2.45, 2.75) is 107 Å². The Morgan fingerprint density at radius 1 is 1.23 bits per heavy atom. The first-order chi connectivity index (χ1) is 20.8. The summed E-state index contributed by atoms with van der Waals surface area (Å²) >= 11 is 0. The second-order valence-corrected chi connectivity index (χ2v) is 11.6. The molecule has 6 N–H and O–H groups in total. The van der Waals surface area contributed by atoms with Crippen molar-refractivity contribution in [3.63, 3.8) is 0 Å². The van der Waals surface area contributed by atoms with Crippen molar-refractivity contribution >= 4 is 17.7 Å². The number of aliphatic hydroxyl groups excluding tert-OH is 1. The minimum Gasteiger partial charge on any atom is -0.456 e. The van der Waals surface area contributed by atoms with Gasteiger partial charge in [0.2, 0.25) is 18.1 Å². The summed E-state index contributed by atoms with van der Waals surface area (Å²) in [6, 6.07) is 0.232. The van der Waals surface area contributed by atoms with Gasteiger partial charge in [-0.1, -0.05) is 0 Å². The van der Waals surface area contributed by atoms with Crippen LogP contribution in [0.25, 0.3) is 0 Å². The number of aliphatic hydroxyl groups is 1. The van der Waals surface area contributed by atoms with Gasteiger partial charge in [0, 0.05) is 25.4 Å². The third-order valence-electron chi connectivity index (χ3n) is 7.86. The van der Waals surface area contributed by atoms with Gasteiger partial charge in [-0.25, -0.2) is 4.79 Å². The van der Waals surface area contributed by atoms with Gasteiger partial charge in [0.15, 0.2) is 30.0 Å². The summed E-state index contributed by atoms with van der Waals surface area (Å²) in [6.07, 6.45) is -6.03. The van der Waals surface area contributed by atoms with Crippen LogP contribution in [0.4, 0.5) is 0 Å². The zero-order chi connectivity index (χ0) is 31.9. The third-order valence-corrected chi connectivity index (χ3v) is 7.86. The molecule has 4 aliphatic rings. The summed E-state index contributed by atoms with van der Waals surface area (Å²) in [5.74, 6) is -3.44. The Labute approximate surface area is 250 Å². The fraction of sp³-hybridized carbons (Fsp3) is 0.667. The fourth-order valence-corrected chi connectivity index (χ4v) is 5.82. The number of aromatic nitrogens is 2. The van der Waals surface area contributed by atoms with Gasteiger partial charge in [-0.15, -0.1) is 0 Å². The van der Waals surface area contributed by atoms with Gasteiger partial charge in [-0.3, -0.25) is 28.7 Å². The molecule has 1 aromatic heterocycles. The molecule has 0 aliphatic carbocycles. The molecule has 0 saturated carbocycles. The molecule has 3 saturated heterocycles. The number of carbonyl (C=O) groups is 3. The van der Waals surface area contributed by atoms with Crippen LogP contribution in [-0.4, -0.2) is 100 Å². The molecule has 3 fully saturated rings. The quantitative estimate of drug-likeness (QED) is 0.204. The highest BCUT2D eigenvalue weighted by molar-refractivity contribution is 5.95. The number of nitrogens with one attached hydrogen (secondary N) is 3. The fourth-order valence-electron chi connectivity index (χ4n) is 5.82. The number of nitrogens with two attached hydrogens (primary N) is 1. The standard InChI is InChI=1S/C27H37N5O12/c1-11-6-5-7-12(22(36)29-11)30-23(37)14-10-13-17(44-27(2,3)43-13)25(40-14)42-20(21(28)35)19-18(39-4)16(34)24(41-19)32-9-8-15(33)31-26(32)38/h8-13,16-20,24-25,34H,5-7H2,1-4H3,(H2,28,35)(H,29,36)(H,30,37)(H,31,33,38). The number of amides is 3. The number of methoxy groups -OCH3 is 1. The number of primary amides is 1. The van der Waals surface area contributed by atoms with Gasteiger partial charge >= 0.3 is 5.69 Å². The van der Waals surface area contributed by atoms with Gasteiger partial charge in [0.05, 0.1) is 0 Å². The first-order valence-corrected chi connectivity index (χ1v) is 14.3. The number of rotatable bonds is 8. The van der Waals surface area contributed by atoms with E-state index in [0.717, 1.165) is 23.3 Å². The molecule has 0 spiro atoms. The van der Waals surface area contributed by atoms with Crippen molar-refractivity contribution in [2.75, 3.05) is 7.11 Å². The monoisotopic (exact) mass is 623 g/mol. The second kappa shape index (κ2) is 12.4. The smallest absolute Gasteiger partial charge is 0.330 e. The Morgan fingerprint density at radius 3 is 2.66 bits per heavy atom. The van der Waals surface area contributed by atoms with E-state index < -0.39 is 84.0 Å². The van der Waals surface area contributed by atoms with Gasteiger partial charge in [0.25, 0.3) is 11.5 Å². The topological polar surface area (TPSA) is 232 Å². The molecular weight excluding hydrogens is 586 g/mol. The number of hydrogen-bond donors (Lipinski definition) is 5. The van der Waals surface area contributed by atoms with Gasteiger partial charge < -0.3 is 49.9 Å². The normalized spacial score (nSPS) is 35.4. The largest absolute Gasteiger partial charge is 0.456 e. The highest BCUT2D eigenvalue weighted by Crippen LogP contribution is 2.39. The molecule has 17 nitrogen and oxygen atoms in total. The van der Waals surface area contributed by atoms with Crippen molar-refractivity contribution in [2.24, 2.45) is 5.73 Å². The van der Waals surface area contributed by atoms with Crippen molar-refractivity contribution < 1.29 is 47.9 Å². The molecule has 0 aromatic carbocycles. The zero-order valence-electron chi connectivity index (χ0n) is 24.6. The maximum atomic E-state index is 13.3. The van der Waals surface area contributed by atoms with Gasteiger partial charge in [-0.2, -0.15) is 0 Å². The molecule has 1 aromatic rings. The summed E-state index contributed by atoms with van der Waals surface area (Å²) in [4.78, 5) is 64.7. The molecule has 44 heavy (non-hydrogen) atoms. The maximum absolute atomic E-state index is 13.3. The van der Waals surface area contributed by atoms with Crippen LogP contribution in [0, 0.1) is 0 Å². The summed E-state index contributed by atoms with van der Waals surface area (Å²) < 4.78 is 36.0. The van der Waals surface area contributed by atoms with Crippen LogP contribution >= 0.6 is 0 Å². The first-order valence-electron chi connectivity index (χ1n) is 14.3. The van der Waals surface area contributed by atoms with Crippen molar-refractivity contribution in [3.8, 4) is 0 Å². The van der Waals surface area contributed by atoms with E-state index in [1.807, 2.05) is 6.92 Å². The lowest BCUT2D eigenvalue weighted by Gasteiger charge is -2.35. The number of carbonyl (C=O) groups excluding carboxylic acids is 3. The minimum atomic E-state index is -1.66. The van der Waals surface area contributed by atoms with E-state index in [1.54, 1.807) is 13.8 Å². The number of nitrogens with zero attached hydrogens (tertiary/aromatic N) is 1. The SMILES string of the molecule is COC1C(O)C(n2ccc(=O)[nH]c2=O)OC1C(OC1OC(C(=O)NC2CCCC(C)NC2=O)=CC2OC(C)(C)OC21)C(N)=O. The second-order valence-electron chi connectivity index (χ2n) is 11.6. The highest BCUT2D eigenvalue weighted by Gasteiger charge is 2.55. The van der Waals surface area contributed by atoms with E-state index in [2.05, 4.69) is 15.6 Å². The number of H-pyrrole nitrogens is 1. The molecule has 10 atom stereocenters. The molecule has 17 heteroatoms. The number of ether oxygens (including phenoxy) is 6. The van der Waals surface area contributed by atoms with Crippen molar-refractivity contribution in [1.82, 2.24) is 20.2 Å². The molecule has 5 rings (SSSR count). The van der Waals surface area contributed by atoms with E-state index in [1.165, 1.54) is 13.2 Å².